The van der Waals surface area contributed by atoms with E-state index in [0.717, 1.165) is 27.9 Å². The Labute approximate surface area is 218 Å². The molecule has 6 heteroatoms. The lowest BCUT2D eigenvalue weighted by atomic mass is 10.1. The monoisotopic (exact) mass is 510 g/mol. The number of ether oxygens (including phenoxy) is 1. The van der Waals surface area contributed by atoms with Crippen molar-refractivity contribution in [2.45, 2.75) is 38.9 Å². The second-order valence-corrected chi connectivity index (χ2v) is 11.1. The van der Waals surface area contributed by atoms with E-state index < -0.39 is 10.0 Å². The number of aryl methyl sites for hydroxylation is 2. The van der Waals surface area contributed by atoms with Gasteiger partial charge in [0.05, 0.1) is 29.3 Å². The van der Waals surface area contributed by atoms with E-state index >= 15 is 0 Å². The van der Waals surface area contributed by atoms with Crippen LogP contribution in [0.5, 0.6) is 0 Å². The number of hydrogen-bond donors (Lipinski definition) is 1. The van der Waals surface area contributed by atoms with Crippen molar-refractivity contribution in [2.75, 3.05) is 5.32 Å². The zero-order chi connectivity index (χ0) is 26.0. The molecule has 0 aliphatic rings. The van der Waals surface area contributed by atoms with Gasteiger partial charge in [-0.3, -0.25) is 0 Å². The van der Waals surface area contributed by atoms with Gasteiger partial charge in [-0.15, -0.1) is 0 Å². The number of benzene rings is 4. The molecule has 188 valence electrons. The molecule has 0 atom stereocenters. The third-order valence-corrected chi connectivity index (χ3v) is 8.48. The Bertz CT molecular complexity index is 1670. The van der Waals surface area contributed by atoms with E-state index in [-0.39, 0.29) is 11.5 Å². The number of nitrogens with zero attached hydrogens (tertiary/aromatic N) is 1. The normalized spacial score (nSPS) is 11.6. The highest BCUT2D eigenvalue weighted by atomic mass is 32.2. The van der Waals surface area contributed by atoms with E-state index in [2.05, 4.69) is 31.3 Å². The number of para-hydroxylation sites is 2. The maximum absolute atomic E-state index is 13.7. The highest BCUT2D eigenvalue weighted by molar-refractivity contribution is 7.90. The number of hydrogen-bond acceptors (Lipinski definition) is 4. The molecule has 0 spiro atoms. The van der Waals surface area contributed by atoms with E-state index in [9.17, 15) is 8.42 Å². The van der Waals surface area contributed by atoms with Crippen LogP contribution in [0.3, 0.4) is 0 Å². The highest BCUT2D eigenvalue weighted by Crippen LogP contribution is 2.28. The van der Waals surface area contributed by atoms with Crippen LogP contribution in [0.1, 0.15) is 27.9 Å². The summed E-state index contributed by atoms with van der Waals surface area (Å²) in [6.07, 6.45) is 0. The molecular weight excluding hydrogens is 480 g/mol. The molecule has 37 heavy (non-hydrogen) atoms. The molecule has 0 amide bonds. The van der Waals surface area contributed by atoms with Crippen molar-refractivity contribution in [1.29, 1.82) is 0 Å². The van der Waals surface area contributed by atoms with Crippen molar-refractivity contribution in [3.8, 4) is 0 Å². The third-order valence-electron chi connectivity index (χ3n) is 6.70. The Morgan fingerprint density at radius 2 is 1.46 bits per heavy atom. The van der Waals surface area contributed by atoms with Gasteiger partial charge in [-0.2, -0.15) is 0 Å². The molecule has 4 aromatic carbocycles. The van der Waals surface area contributed by atoms with Crippen LogP contribution in [-0.4, -0.2) is 12.4 Å². The van der Waals surface area contributed by atoms with Crippen LogP contribution < -0.4 is 5.32 Å². The molecule has 1 aromatic heterocycles. The van der Waals surface area contributed by atoms with Crippen molar-refractivity contribution < 1.29 is 13.2 Å². The fourth-order valence-electron chi connectivity index (χ4n) is 4.45. The van der Waals surface area contributed by atoms with Gasteiger partial charge in [0.15, 0.2) is 0 Å². The smallest absolute Gasteiger partial charge is 0.268 e. The number of nitrogens with one attached hydrogen (secondary N) is 1. The first-order chi connectivity index (χ1) is 17.8. The van der Waals surface area contributed by atoms with Crippen LogP contribution in [0.15, 0.2) is 102 Å². The average Bonchev–Trinajstić information content (AvgIpc) is 3.27. The van der Waals surface area contributed by atoms with Crippen molar-refractivity contribution in [3.63, 3.8) is 0 Å². The summed E-state index contributed by atoms with van der Waals surface area (Å²) in [5.41, 5.74) is 7.66. The fourth-order valence-corrected chi connectivity index (χ4v) is 5.98. The Morgan fingerprint density at radius 3 is 2.27 bits per heavy atom. The number of anilines is 2. The molecule has 5 aromatic rings. The molecule has 0 unspecified atom stereocenters. The summed E-state index contributed by atoms with van der Waals surface area (Å²) in [5.74, 6) is 0. The van der Waals surface area contributed by atoms with Gasteiger partial charge in [-0.1, -0.05) is 66.2 Å². The Hall–Kier alpha value is -3.87. The molecule has 0 radical (unpaired) electrons. The standard InChI is InChI=1S/C31H30N2O3S/c1-22-15-17-28(18-16-22)37(34,35)33-27(19-25-10-5-7-14-31(25)33)21-36-20-26-11-4-6-12-30(26)32-29-13-8-9-23(2)24(29)3/h4-19,32H,20-21H2,1-3H3. The minimum atomic E-state index is -3.80. The predicted molar refractivity (Wildman–Crippen MR) is 150 cm³/mol. The summed E-state index contributed by atoms with van der Waals surface area (Å²) < 4.78 is 34.9. The quantitative estimate of drug-likeness (QED) is 0.239. The first-order valence-electron chi connectivity index (χ1n) is 12.2. The molecule has 0 fully saturated rings. The van der Waals surface area contributed by atoms with Gasteiger partial charge in [0.1, 0.15) is 0 Å². The van der Waals surface area contributed by atoms with E-state index in [1.807, 2.05) is 79.7 Å². The molecule has 5 rings (SSSR count). The lowest BCUT2D eigenvalue weighted by molar-refractivity contribution is 0.105. The van der Waals surface area contributed by atoms with Crippen LogP contribution >= 0.6 is 0 Å². The summed E-state index contributed by atoms with van der Waals surface area (Å²) in [7, 11) is -3.80. The molecule has 0 bridgehead atoms. The van der Waals surface area contributed by atoms with E-state index in [1.165, 1.54) is 15.1 Å². The number of aromatic nitrogens is 1. The topological polar surface area (TPSA) is 60.3 Å². The van der Waals surface area contributed by atoms with Crippen LogP contribution in [0.2, 0.25) is 0 Å². The highest BCUT2D eigenvalue weighted by Gasteiger charge is 2.23. The van der Waals surface area contributed by atoms with Crippen LogP contribution in [0, 0.1) is 20.8 Å². The second kappa shape index (κ2) is 10.2. The maximum atomic E-state index is 13.7. The number of rotatable bonds is 8. The zero-order valence-corrected chi connectivity index (χ0v) is 22.0. The van der Waals surface area contributed by atoms with Gasteiger partial charge in [0.2, 0.25) is 0 Å². The van der Waals surface area contributed by atoms with Crippen LogP contribution in [0.4, 0.5) is 11.4 Å². The lowest BCUT2D eigenvalue weighted by Gasteiger charge is -2.16. The minimum Gasteiger partial charge on any atom is -0.370 e. The molecule has 1 N–H and O–H groups in total. The molecule has 0 saturated heterocycles. The van der Waals surface area contributed by atoms with E-state index in [1.54, 1.807) is 12.1 Å². The van der Waals surface area contributed by atoms with Crippen molar-refractivity contribution in [2.24, 2.45) is 0 Å². The zero-order valence-electron chi connectivity index (χ0n) is 21.2. The second-order valence-electron chi connectivity index (χ2n) is 9.30. The molecule has 1 heterocycles. The van der Waals surface area contributed by atoms with Gasteiger partial charge < -0.3 is 10.1 Å². The Balaban J connectivity index is 1.42. The van der Waals surface area contributed by atoms with E-state index in [0.29, 0.717) is 17.8 Å². The predicted octanol–water partition coefficient (Wildman–Crippen LogP) is 7.26. The van der Waals surface area contributed by atoms with Gasteiger partial charge in [-0.25, -0.2) is 12.4 Å². The fraction of sp³-hybridized carbons (Fsp3) is 0.161. The Kier molecular flexibility index (Phi) is 6.87. The summed E-state index contributed by atoms with van der Waals surface area (Å²) >= 11 is 0. The van der Waals surface area contributed by atoms with Crippen molar-refractivity contribution >= 4 is 32.3 Å². The minimum absolute atomic E-state index is 0.150. The molecule has 0 aliphatic carbocycles. The van der Waals surface area contributed by atoms with E-state index in [4.69, 9.17) is 4.74 Å². The summed E-state index contributed by atoms with van der Waals surface area (Å²) in [6.45, 7) is 6.62. The summed E-state index contributed by atoms with van der Waals surface area (Å²) in [5, 5.41) is 4.39. The average molecular weight is 511 g/mol. The van der Waals surface area contributed by atoms with Crippen molar-refractivity contribution in [3.05, 3.63) is 125 Å². The number of fused-ring (bicyclic) bond motifs is 1. The third kappa shape index (κ3) is 5.03. The van der Waals surface area contributed by atoms with Gasteiger partial charge in [0, 0.05) is 22.3 Å². The van der Waals surface area contributed by atoms with Crippen LogP contribution in [-0.2, 0) is 28.0 Å². The lowest BCUT2D eigenvalue weighted by Crippen LogP contribution is -2.16. The molecule has 0 saturated carbocycles. The Morgan fingerprint density at radius 1 is 0.757 bits per heavy atom. The van der Waals surface area contributed by atoms with Gasteiger partial charge in [-0.05, 0) is 68.3 Å². The van der Waals surface area contributed by atoms with Gasteiger partial charge >= 0.3 is 0 Å². The molecule has 5 nitrogen and oxygen atoms in total. The maximum Gasteiger partial charge on any atom is 0.268 e. The van der Waals surface area contributed by atoms with Gasteiger partial charge in [0.25, 0.3) is 10.0 Å². The first kappa shape index (κ1) is 24.8. The molecular formula is C31H30N2O3S. The summed E-state index contributed by atoms with van der Waals surface area (Å²) in [4.78, 5) is 0.253. The first-order valence-corrected chi connectivity index (χ1v) is 13.7. The summed E-state index contributed by atoms with van der Waals surface area (Å²) in [6, 6.07) is 30.5. The SMILES string of the molecule is Cc1ccc(S(=O)(=O)n2c(COCc3ccccc3Nc3cccc(C)c3C)cc3ccccc32)cc1. The molecule has 0 aliphatic heterocycles. The largest absolute Gasteiger partial charge is 0.370 e. The van der Waals surface area contributed by atoms with Crippen LogP contribution in [0.25, 0.3) is 10.9 Å². The van der Waals surface area contributed by atoms with Crippen molar-refractivity contribution in [1.82, 2.24) is 3.97 Å².